The van der Waals surface area contributed by atoms with Gasteiger partial charge < -0.3 is 9.88 Å². The van der Waals surface area contributed by atoms with Crippen LogP contribution in [0.1, 0.15) is 64.1 Å². The minimum atomic E-state index is 0.129. The van der Waals surface area contributed by atoms with E-state index in [1.165, 1.54) is 43.4 Å². The molecule has 2 unspecified atom stereocenters. The fourth-order valence-corrected chi connectivity index (χ4v) is 8.33. The first kappa shape index (κ1) is 18.7. The van der Waals surface area contributed by atoms with E-state index in [1.54, 1.807) is 0 Å². The molecular weight excluding hydrogens is 370 g/mol. The van der Waals surface area contributed by atoms with Crippen molar-refractivity contribution in [3.8, 4) is 0 Å². The van der Waals surface area contributed by atoms with Gasteiger partial charge in [-0.3, -0.25) is 4.79 Å². The van der Waals surface area contributed by atoms with E-state index in [2.05, 4.69) is 49.2 Å². The van der Waals surface area contributed by atoms with Crippen molar-refractivity contribution in [3.63, 3.8) is 0 Å². The maximum Gasteiger partial charge on any atom is 0.246 e. The van der Waals surface area contributed by atoms with E-state index < -0.39 is 0 Å². The van der Waals surface area contributed by atoms with E-state index in [1.807, 2.05) is 18.0 Å². The molecule has 6 rings (SSSR count). The molecule has 2 aromatic rings. The summed E-state index contributed by atoms with van der Waals surface area (Å²) in [5.41, 5.74) is 2.73. The number of para-hydroxylation sites is 2. The Morgan fingerprint density at radius 3 is 2.73 bits per heavy atom. The Bertz CT molecular complexity index is 1010. The van der Waals surface area contributed by atoms with Gasteiger partial charge in [0.1, 0.15) is 5.82 Å². The molecule has 0 spiro atoms. The van der Waals surface area contributed by atoms with Crippen molar-refractivity contribution in [1.82, 2.24) is 14.9 Å². The summed E-state index contributed by atoms with van der Waals surface area (Å²) in [6.07, 6.45) is 11.7. The SMILES string of the molecule is CN1C(=O)C=C[C@@]2(C)C1CC[C@@H]1[C@H]2CC[C@]2(C)C(c3nc4ccccc4[nH]3)CC[C@@H]12. The zero-order chi connectivity index (χ0) is 20.7. The van der Waals surface area contributed by atoms with Gasteiger partial charge in [-0.2, -0.15) is 0 Å². The van der Waals surface area contributed by atoms with Gasteiger partial charge in [0.15, 0.2) is 0 Å². The Morgan fingerprint density at radius 2 is 1.90 bits per heavy atom. The highest BCUT2D eigenvalue weighted by Gasteiger charge is 2.60. The summed E-state index contributed by atoms with van der Waals surface area (Å²) < 4.78 is 0. The van der Waals surface area contributed by atoms with Crippen LogP contribution in [-0.4, -0.2) is 33.9 Å². The quantitative estimate of drug-likeness (QED) is 0.704. The van der Waals surface area contributed by atoms with Gasteiger partial charge in [0.05, 0.1) is 11.0 Å². The monoisotopic (exact) mass is 403 g/mol. The summed E-state index contributed by atoms with van der Waals surface area (Å²) in [5, 5.41) is 0. The van der Waals surface area contributed by atoms with Crippen molar-refractivity contribution in [3.05, 3.63) is 42.2 Å². The first-order valence-corrected chi connectivity index (χ1v) is 11.8. The van der Waals surface area contributed by atoms with E-state index in [0.29, 0.717) is 23.3 Å². The molecule has 4 nitrogen and oxygen atoms in total. The fourth-order valence-electron chi connectivity index (χ4n) is 8.33. The molecule has 30 heavy (non-hydrogen) atoms. The van der Waals surface area contributed by atoms with E-state index >= 15 is 0 Å². The molecule has 158 valence electrons. The molecule has 0 bridgehead atoms. The van der Waals surface area contributed by atoms with E-state index in [0.717, 1.165) is 23.8 Å². The van der Waals surface area contributed by atoms with Crippen molar-refractivity contribution in [2.24, 2.45) is 28.6 Å². The molecule has 3 saturated carbocycles. The second-order valence-electron chi connectivity index (χ2n) is 10.9. The number of aromatic nitrogens is 2. The Hall–Kier alpha value is -2.10. The number of carbonyl (C=O) groups excluding carboxylic acids is 1. The highest BCUT2D eigenvalue weighted by atomic mass is 16.2. The summed E-state index contributed by atoms with van der Waals surface area (Å²) in [6, 6.07) is 8.81. The topological polar surface area (TPSA) is 49.0 Å². The lowest BCUT2D eigenvalue weighted by Gasteiger charge is -2.60. The van der Waals surface area contributed by atoms with Gasteiger partial charge in [-0.25, -0.2) is 4.98 Å². The summed E-state index contributed by atoms with van der Waals surface area (Å²) in [7, 11) is 2.01. The number of imidazole rings is 1. The first-order chi connectivity index (χ1) is 14.4. The van der Waals surface area contributed by atoms with Crippen LogP contribution in [0.4, 0.5) is 0 Å². The number of hydrogen-bond acceptors (Lipinski definition) is 2. The van der Waals surface area contributed by atoms with Crippen LogP contribution in [0.3, 0.4) is 0 Å². The smallest absolute Gasteiger partial charge is 0.246 e. The van der Waals surface area contributed by atoms with Gasteiger partial charge in [0.25, 0.3) is 0 Å². The number of fused-ring (bicyclic) bond motifs is 6. The molecule has 1 aromatic carbocycles. The number of aromatic amines is 1. The molecule has 7 atom stereocenters. The minimum Gasteiger partial charge on any atom is -0.342 e. The normalized spacial score (nSPS) is 42.8. The number of nitrogens with one attached hydrogen (secondary N) is 1. The lowest BCUT2D eigenvalue weighted by molar-refractivity contribution is -0.138. The highest BCUT2D eigenvalue weighted by molar-refractivity contribution is 5.89. The van der Waals surface area contributed by atoms with Gasteiger partial charge >= 0.3 is 0 Å². The van der Waals surface area contributed by atoms with E-state index in [-0.39, 0.29) is 11.3 Å². The zero-order valence-corrected chi connectivity index (χ0v) is 18.4. The van der Waals surface area contributed by atoms with Gasteiger partial charge in [0, 0.05) is 24.4 Å². The van der Waals surface area contributed by atoms with Crippen molar-refractivity contribution in [1.29, 1.82) is 0 Å². The molecule has 1 aromatic heterocycles. The number of rotatable bonds is 1. The van der Waals surface area contributed by atoms with Gasteiger partial charge in [0.2, 0.25) is 5.91 Å². The Kier molecular flexibility index (Phi) is 3.86. The lowest BCUT2D eigenvalue weighted by Crippen LogP contribution is -2.59. The largest absolute Gasteiger partial charge is 0.342 e. The Balaban J connectivity index is 1.34. The van der Waals surface area contributed by atoms with Gasteiger partial charge in [-0.1, -0.05) is 32.1 Å². The molecule has 1 amide bonds. The predicted octanol–water partition coefficient (Wildman–Crippen LogP) is 5.29. The fraction of sp³-hybridized carbons (Fsp3) is 0.615. The molecule has 3 aliphatic carbocycles. The molecule has 0 radical (unpaired) electrons. The Labute approximate surface area is 179 Å². The maximum atomic E-state index is 12.3. The Morgan fingerprint density at radius 1 is 1.07 bits per heavy atom. The van der Waals surface area contributed by atoms with Crippen LogP contribution in [0.5, 0.6) is 0 Å². The number of H-pyrrole nitrogens is 1. The van der Waals surface area contributed by atoms with Crippen molar-refractivity contribution in [2.45, 2.75) is 64.3 Å². The highest BCUT2D eigenvalue weighted by Crippen LogP contribution is 2.67. The van der Waals surface area contributed by atoms with Crippen LogP contribution in [0.2, 0.25) is 0 Å². The van der Waals surface area contributed by atoms with Crippen LogP contribution in [0.15, 0.2) is 36.4 Å². The average Bonchev–Trinajstić information content (AvgIpc) is 3.31. The average molecular weight is 404 g/mol. The number of benzene rings is 1. The summed E-state index contributed by atoms with van der Waals surface area (Å²) in [4.78, 5) is 23.0. The minimum absolute atomic E-state index is 0.129. The molecule has 4 heteroatoms. The number of carbonyl (C=O) groups is 1. The second kappa shape index (κ2) is 6.21. The third kappa shape index (κ3) is 2.34. The van der Waals surface area contributed by atoms with Crippen LogP contribution >= 0.6 is 0 Å². The number of likely N-dealkylation sites (N-methyl/N-ethyl adjacent to an activating group) is 1. The van der Waals surface area contributed by atoms with Gasteiger partial charge in [-0.05, 0) is 79.9 Å². The summed E-state index contributed by atoms with van der Waals surface area (Å²) in [5.74, 6) is 4.15. The number of amides is 1. The second-order valence-corrected chi connectivity index (χ2v) is 10.9. The molecule has 3 fully saturated rings. The summed E-state index contributed by atoms with van der Waals surface area (Å²) in [6.45, 7) is 4.99. The third-order valence-corrected chi connectivity index (χ3v) is 9.87. The number of nitrogens with zero attached hydrogens (tertiary/aromatic N) is 2. The standard InChI is InChI=1S/C26H33N3O/c1-25-14-12-18-16(8-11-22-26(18,2)15-13-23(30)29(22)3)17(25)9-10-19(25)24-27-20-6-4-5-7-21(20)28-24/h4-7,13,15-19,22H,8-12,14H2,1-3H3,(H,27,28)/t16-,17-,18+,19?,22?,25-,26+/m0/s1. The number of hydrogen-bond donors (Lipinski definition) is 1. The molecule has 0 saturated heterocycles. The predicted molar refractivity (Wildman–Crippen MR) is 119 cm³/mol. The van der Waals surface area contributed by atoms with E-state index in [9.17, 15) is 4.79 Å². The molecule has 1 N–H and O–H groups in total. The maximum absolute atomic E-state index is 12.3. The van der Waals surface area contributed by atoms with E-state index in [4.69, 9.17) is 4.98 Å². The van der Waals surface area contributed by atoms with Gasteiger partial charge in [-0.15, -0.1) is 0 Å². The lowest BCUT2D eigenvalue weighted by atomic mass is 9.47. The molecule has 4 aliphatic rings. The van der Waals surface area contributed by atoms with Crippen molar-refractivity contribution >= 4 is 16.9 Å². The van der Waals surface area contributed by atoms with Crippen LogP contribution in [0, 0.1) is 28.6 Å². The van der Waals surface area contributed by atoms with Crippen LogP contribution in [-0.2, 0) is 4.79 Å². The molecule has 1 aliphatic heterocycles. The molecular formula is C26H33N3O. The zero-order valence-electron chi connectivity index (χ0n) is 18.4. The summed E-state index contributed by atoms with van der Waals surface area (Å²) >= 11 is 0. The molecule has 2 heterocycles. The van der Waals surface area contributed by atoms with Crippen LogP contribution in [0.25, 0.3) is 11.0 Å². The van der Waals surface area contributed by atoms with Crippen molar-refractivity contribution in [2.75, 3.05) is 7.05 Å². The van der Waals surface area contributed by atoms with Crippen molar-refractivity contribution < 1.29 is 4.79 Å². The third-order valence-electron chi connectivity index (χ3n) is 9.87. The van der Waals surface area contributed by atoms with Crippen LogP contribution < -0.4 is 0 Å². The first-order valence-electron chi connectivity index (χ1n) is 11.8.